The standard InChI is InChI=1S/C15H32N2O/c1-5-9-15(3,13-18)12-16(4)14-7-10-17(6-2)11-8-14/h14,18H,5-13H2,1-4H3. The number of likely N-dealkylation sites (tertiary alicyclic amines) is 1. The Balaban J connectivity index is 2.42. The minimum Gasteiger partial charge on any atom is -0.396 e. The van der Waals surface area contributed by atoms with Gasteiger partial charge in [-0.15, -0.1) is 0 Å². The minimum atomic E-state index is 0.0748. The largest absolute Gasteiger partial charge is 0.396 e. The quantitative estimate of drug-likeness (QED) is 0.756. The summed E-state index contributed by atoms with van der Waals surface area (Å²) in [5, 5.41) is 9.61. The molecular weight excluding hydrogens is 224 g/mol. The Morgan fingerprint density at radius 2 is 1.89 bits per heavy atom. The summed E-state index contributed by atoms with van der Waals surface area (Å²) in [6, 6.07) is 0.704. The molecule has 0 aromatic heterocycles. The maximum atomic E-state index is 9.61. The molecule has 3 heteroatoms. The molecule has 1 N–H and O–H groups in total. The minimum absolute atomic E-state index is 0.0748. The van der Waals surface area contributed by atoms with E-state index in [1.807, 2.05) is 0 Å². The fourth-order valence-electron chi connectivity index (χ4n) is 3.22. The number of nitrogens with zero attached hydrogens (tertiary/aromatic N) is 2. The van der Waals surface area contributed by atoms with Crippen LogP contribution in [0.4, 0.5) is 0 Å². The third kappa shape index (κ3) is 4.52. The highest BCUT2D eigenvalue weighted by atomic mass is 16.3. The van der Waals surface area contributed by atoms with Crippen LogP contribution in [0.25, 0.3) is 0 Å². The van der Waals surface area contributed by atoms with E-state index in [0.717, 1.165) is 19.4 Å². The molecule has 0 radical (unpaired) electrons. The first kappa shape index (κ1) is 15.9. The molecule has 0 amide bonds. The maximum Gasteiger partial charge on any atom is 0.0497 e. The first-order valence-electron chi connectivity index (χ1n) is 7.58. The summed E-state index contributed by atoms with van der Waals surface area (Å²) < 4.78 is 0. The maximum absolute atomic E-state index is 9.61. The van der Waals surface area contributed by atoms with Gasteiger partial charge >= 0.3 is 0 Å². The highest BCUT2D eigenvalue weighted by molar-refractivity contribution is 4.83. The molecule has 1 atom stereocenters. The van der Waals surface area contributed by atoms with Crippen LogP contribution >= 0.6 is 0 Å². The molecule has 1 unspecified atom stereocenters. The highest BCUT2D eigenvalue weighted by Crippen LogP contribution is 2.26. The first-order valence-corrected chi connectivity index (χ1v) is 7.58. The summed E-state index contributed by atoms with van der Waals surface area (Å²) >= 11 is 0. The van der Waals surface area contributed by atoms with Crippen LogP contribution in [-0.4, -0.2) is 60.8 Å². The second-order valence-corrected chi connectivity index (χ2v) is 6.30. The van der Waals surface area contributed by atoms with Gasteiger partial charge in [0.25, 0.3) is 0 Å². The Labute approximate surface area is 113 Å². The van der Waals surface area contributed by atoms with Gasteiger partial charge in [-0.05, 0) is 45.9 Å². The third-order valence-electron chi connectivity index (χ3n) is 4.49. The van der Waals surface area contributed by atoms with E-state index in [9.17, 15) is 5.11 Å². The zero-order valence-corrected chi connectivity index (χ0v) is 12.8. The second-order valence-electron chi connectivity index (χ2n) is 6.30. The smallest absolute Gasteiger partial charge is 0.0497 e. The topological polar surface area (TPSA) is 26.7 Å². The lowest BCUT2D eigenvalue weighted by molar-refractivity contribution is 0.0530. The Morgan fingerprint density at radius 1 is 1.28 bits per heavy atom. The average Bonchev–Trinajstić information content (AvgIpc) is 2.39. The molecule has 1 fully saturated rings. The van der Waals surface area contributed by atoms with Crippen molar-refractivity contribution in [2.24, 2.45) is 5.41 Å². The van der Waals surface area contributed by atoms with E-state index in [1.165, 1.54) is 32.5 Å². The van der Waals surface area contributed by atoms with Gasteiger partial charge in [0.05, 0.1) is 0 Å². The molecule has 0 bridgehead atoms. The molecule has 18 heavy (non-hydrogen) atoms. The lowest BCUT2D eigenvalue weighted by Gasteiger charge is -2.40. The molecule has 108 valence electrons. The van der Waals surface area contributed by atoms with Gasteiger partial charge in [0, 0.05) is 24.6 Å². The predicted octanol–water partition coefficient (Wildman–Crippen LogP) is 2.20. The van der Waals surface area contributed by atoms with E-state index in [0.29, 0.717) is 12.6 Å². The number of piperidine rings is 1. The Hall–Kier alpha value is -0.120. The Morgan fingerprint density at radius 3 is 2.33 bits per heavy atom. The third-order valence-corrected chi connectivity index (χ3v) is 4.49. The normalized spacial score (nSPS) is 22.3. The molecule has 0 aromatic rings. The molecule has 1 aliphatic heterocycles. The van der Waals surface area contributed by atoms with Crippen molar-refractivity contribution in [1.29, 1.82) is 0 Å². The van der Waals surface area contributed by atoms with Crippen LogP contribution < -0.4 is 0 Å². The lowest BCUT2D eigenvalue weighted by Crippen LogP contribution is -2.47. The fourth-order valence-corrected chi connectivity index (χ4v) is 3.22. The van der Waals surface area contributed by atoms with E-state index in [1.54, 1.807) is 0 Å². The average molecular weight is 256 g/mol. The molecule has 1 rings (SSSR count). The number of rotatable bonds is 7. The molecule has 0 saturated carbocycles. The van der Waals surface area contributed by atoms with Gasteiger partial charge in [0.1, 0.15) is 0 Å². The number of hydrogen-bond acceptors (Lipinski definition) is 3. The van der Waals surface area contributed by atoms with E-state index in [2.05, 4.69) is 37.6 Å². The summed E-state index contributed by atoms with van der Waals surface area (Å²) in [6.07, 6.45) is 4.82. The van der Waals surface area contributed by atoms with Crippen LogP contribution in [0.15, 0.2) is 0 Å². The first-order chi connectivity index (χ1) is 8.54. The highest BCUT2D eigenvalue weighted by Gasteiger charge is 2.28. The van der Waals surface area contributed by atoms with Crippen molar-refractivity contribution in [1.82, 2.24) is 9.80 Å². The molecule has 0 aliphatic carbocycles. The monoisotopic (exact) mass is 256 g/mol. The number of hydrogen-bond donors (Lipinski definition) is 1. The van der Waals surface area contributed by atoms with Gasteiger partial charge in [0.15, 0.2) is 0 Å². The molecule has 0 aromatic carbocycles. The van der Waals surface area contributed by atoms with E-state index in [4.69, 9.17) is 0 Å². The van der Waals surface area contributed by atoms with Crippen molar-refractivity contribution < 1.29 is 5.11 Å². The van der Waals surface area contributed by atoms with E-state index >= 15 is 0 Å². The van der Waals surface area contributed by atoms with Crippen molar-refractivity contribution in [3.8, 4) is 0 Å². The molecule has 1 heterocycles. The van der Waals surface area contributed by atoms with Crippen LogP contribution in [0.2, 0.25) is 0 Å². The zero-order valence-electron chi connectivity index (χ0n) is 12.8. The van der Waals surface area contributed by atoms with E-state index < -0.39 is 0 Å². The summed E-state index contributed by atoms with van der Waals surface area (Å²) in [6.45, 7) is 11.6. The SMILES string of the molecule is CCCC(C)(CO)CN(C)C1CCN(CC)CC1. The van der Waals surface area contributed by atoms with Gasteiger partial charge in [-0.3, -0.25) is 0 Å². The van der Waals surface area contributed by atoms with Crippen molar-refractivity contribution in [3.63, 3.8) is 0 Å². The van der Waals surface area contributed by atoms with Crippen LogP contribution in [0.3, 0.4) is 0 Å². The molecule has 1 aliphatic rings. The van der Waals surface area contributed by atoms with Gasteiger partial charge < -0.3 is 14.9 Å². The van der Waals surface area contributed by atoms with Crippen LogP contribution in [0, 0.1) is 5.41 Å². The molecule has 3 nitrogen and oxygen atoms in total. The van der Waals surface area contributed by atoms with Crippen LogP contribution in [0.1, 0.15) is 46.5 Å². The fraction of sp³-hybridized carbons (Fsp3) is 1.00. The number of aliphatic hydroxyl groups is 1. The molecule has 1 saturated heterocycles. The number of aliphatic hydroxyl groups excluding tert-OH is 1. The van der Waals surface area contributed by atoms with E-state index in [-0.39, 0.29) is 5.41 Å². The molecule has 0 spiro atoms. The summed E-state index contributed by atoms with van der Waals surface area (Å²) in [5.41, 5.74) is 0.0748. The Kier molecular flexibility index (Phi) is 6.61. The van der Waals surface area contributed by atoms with Gasteiger partial charge in [-0.25, -0.2) is 0 Å². The predicted molar refractivity (Wildman–Crippen MR) is 77.9 cm³/mol. The van der Waals surface area contributed by atoms with Gasteiger partial charge in [0.2, 0.25) is 0 Å². The summed E-state index contributed by atoms with van der Waals surface area (Å²) in [4.78, 5) is 5.01. The van der Waals surface area contributed by atoms with Crippen molar-refractivity contribution >= 4 is 0 Å². The summed E-state index contributed by atoms with van der Waals surface area (Å²) in [5.74, 6) is 0. The Bertz CT molecular complexity index is 227. The zero-order chi connectivity index (χ0) is 13.6. The molecular formula is C15H32N2O. The van der Waals surface area contributed by atoms with Crippen molar-refractivity contribution in [3.05, 3.63) is 0 Å². The lowest BCUT2D eigenvalue weighted by atomic mass is 9.85. The van der Waals surface area contributed by atoms with Crippen molar-refractivity contribution in [2.45, 2.75) is 52.5 Å². The van der Waals surface area contributed by atoms with Crippen molar-refractivity contribution in [2.75, 3.05) is 39.8 Å². The summed E-state index contributed by atoms with van der Waals surface area (Å²) in [7, 11) is 2.23. The van der Waals surface area contributed by atoms with Gasteiger partial charge in [-0.2, -0.15) is 0 Å². The van der Waals surface area contributed by atoms with Gasteiger partial charge in [-0.1, -0.05) is 27.2 Å². The second kappa shape index (κ2) is 7.46. The van der Waals surface area contributed by atoms with Crippen LogP contribution in [0.5, 0.6) is 0 Å². The van der Waals surface area contributed by atoms with Crippen LogP contribution in [-0.2, 0) is 0 Å².